The summed E-state index contributed by atoms with van der Waals surface area (Å²) in [4.78, 5) is 35.9. The first-order valence-corrected chi connectivity index (χ1v) is 9.01. The molecule has 0 aliphatic rings. The number of rotatable bonds is 9. The fourth-order valence-electron chi connectivity index (χ4n) is 2.39. The van der Waals surface area contributed by atoms with Crippen LogP contribution in [0.25, 0.3) is 0 Å². The molecule has 29 heavy (non-hydrogen) atoms. The molecule has 0 unspecified atom stereocenters. The number of anilines is 1. The van der Waals surface area contributed by atoms with Crippen LogP contribution >= 0.6 is 0 Å². The molecular formula is C20H24N4O5. The van der Waals surface area contributed by atoms with E-state index in [4.69, 9.17) is 4.74 Å². The molecule has 2 aromatic rings. The average molecular weight is 400 g/mol. The molecule has 2 amide bonds. The van der Waals surface area contributed by atoms with E-state index in [1.54, 1.807) is 24.3 Å². The summed E-state index contributed by atoms with van der Waals surface area (Å²) in [7, 11) is 3.88. The van der Waals surface area contributed by atoms with Crippen molar-refractivity contribution in [1.82, 2.24) is 10.2 Å². The van der Waals surface area contributed by atoms with Crippen molar-refractivity contribution in [1.29, 1.82) is 0 Å². The van der Waals surface area contributed by atoms with E-state index in [1.807, 2.05) is 19.0 Å². The zero-order valence-electron chi connectivity index (χ0n) is 16.4. The van der Waals surface area contributed by atoms with Crippen molar-refractivity contribution >= 4 is 23.4 Å². The number of hydrogen-bond acceptors (Lipinski definition) is 6. The summed E-state index contributed by atoms with van der Waals surface area (Å²) in [5, 5.41) is 16.1. The number of non-ortho nitro benzene ring substituents is 1. The van der Waals surface area contributed by atoms with Gasteiger partial charge in [0, 0.05) is 30.9 Å². The van der Waals surface area contributed by atoms with Gasteiger partial charge in [0.05, 0.1) is 11.3 Å². The highest BCUT2D eigenvalue weighted by molar-refractivity contribution is 5.84. The van der Waals surface area contributed by atoms with Crippen LogP contribution in [0.4, 0.5) is 16.2 Å². The Morgan fingerprint density at radius 3 is 2.24 bits per heavy atom. The molecule has 0 saturated carbocycles. The Kier molecular flexibility index (Phi) is 8.11. The van der Waals surface area contributed by atoms with E-state index in [1.165, 1.54) is 24.3 Å². The lowest BCUT2D eigenvalue weighted by Gasteiger charge is -2.11. The van der Waals surface area contributed by atoms with E-state index < -0.39 is 11.0 Å². The van der Waals surface area contributed by atoms with Gasteiger partial charge in [-0.15, -0.1) is 0 Å². The Morgan fingerprint density at radius 1 is 1.03 bits per heavy atom. The second-order valence-corrected chi connectivity index (χ2v) is 6.65. The first-order chi connectivity index (χ1) is 13.8. The summed E-state index contributed by atoms with van der Waals surface area (Å²) >= 11 is 0. The molecule has 154 valence electrons. The van der Waals surface area contributed by atoms with E-state index in [-0.39, 0.29) is 24.6 Å². The first kappa shape index (κ1) is 21.8. The van der Waals surface area contributed by atoms with Crippen LogP contribution in [0.15, 0.2) is 48.5 Å². The third-order valence-electron chi connectivity index (χ3n) is 3.96. The molecular weight excluding hydrogens is 376 g/mol. The number of carbonyl (C=O) groups excluding carboxylic acids is 2. The van der Waals surface area contributed by atoms with Crippen molar-refractivity contribution < 1.29 is 19.2 Å². The Hall–Kier alpha value is -3.46. The summed E-state index contributed by atoms with van der Waals surface area (Å²) in [5.74, 6) is -0.0601. The highest BCUT2D eigenvalue weighted by Crippen LogP contribution is 2.14. The summed E-state index contributed by atoms with van der Waals surface area (Å²) in [6.07, 6.45) is -0.379. The molecule has 9 heteroatoms. The van der Waals surface area contributed by atoms with Crippen LogP contribution in [-0.2, 0) is 22.6 Å². The van der Waals surface area contributed by atoms with Gasteiger partial charge in [0.2, 0.25) is 5.91 Å². The molecule has 9 nitrogen and oxygen atoms in total. The average Bonchev–Trinajstić information content (AvgIpc) is 2.68. The maximum Gasteiger partial charge on any atom is 0.411 e. The Balaban J connectivity index is 1.76. The van der Waals surface area contributed by atoms with Gasteiger partial charge in [-0.1, -0.05) is 12.1 Å². The summed E-state index contributed by atoms with van der Waals surface area (Å²) in [6.45, 7) is 1.36. The second kappa shape index (κ2) is 10.8. The molecule has 0 aliphatic heterocycles. The molecule has 0 aliphatic carbocycles. The van der Waals surface area contributed by atoms with Gasteiger partial charge in [0.15, 0.2) is 0 Å². The molecule has 0 fully saturated rings. The molecule has 2 N–H and O–H groups in total. The zero-order valence-corrected chi connectivity index (χ0v) is 16.4. The molecule has 2 aromatic carbocycles. The van der Waals surface area contributed by atoms with Crippen LogP contribution in [-0.4, -0.2) is 49.0 Å². The number of nitro groups is 1. The lowest BCUT2D eigenvalue weighted by Crippen LogP contribution is -2.32. The number of hydrogen-bond donors (Lipinski definition) is 2. The van der Waals surface area contributed by atoms with E-state index >= 15 is 0 Å². The third kappa shape index (κ3) is 7.97. The van der Waals surface area contributed by atoms with Crippen molar-refractivity contribution in [2.75, 3.05) is 32.5 Å². The SMILES string of the molecule is CN(C)CCNC(=O)Cc1ccc(NC(=O)OCc2ccc([N+](=O)[O-])cc2)cc1. The highest BCUT2D eigenvalue weighted by Gasteiger charge is 2.08. The number of nitrogens with one attached hydrogen (secondary N) is 2. The molecule has 0 heterocycles. The van der Waals surface area contributed by atoms with Crippen molar-refractivity contribution in [2.45, 2.75) is 13.0 Å². The molecule has 0 radical (unpaired) electrons. The van der Waals surface area contributed by atoms with E-state index in [0.29, 0.717) is 17.8 Å². The first-order valence-electron chi connectivity index (χ1n) is 9.01. The van der Waals surface area contributed by atoms with E-state index in [0.717, 1.165) is 12.1 Å². The molecule has 0 spiro atoms. The van der Waals surface area contributed by atoms with Crippen LogP contribution in [0.5, 0.6) is 0 Å². The number of carbonyl (C=O) groups is 2. The van der Waals surface area contributed by atoms with Crippen molar-refractivity contribution in [3.8, 4) is 0 Å². The number of amides is 2. The zero-order chi connectivity index (χ0) is 21.2. The largest absolute Gasteiger partial charge is 0.444 e. The normalized spacial score (nSPS) is 10.4. The van der Waals surface area contributed by atoms with E-state index in [2.05, 4.69) is 10.6 Å². The number of benzene rings is 2. The molecule has 0 atom stereocenters. The van der Waals surface area contributed by atoms with Crippen molar-refractivity contribution in [3.63, 3.8) is 0 Å². The lowest BCUT2D eigenvalue weighted by molar-refractivity contribution is -0.384. The standard InChI is InChI=1S/C20H24N4O5/c1-23(2)12-11-21-19(25)13-15-3-7-17(8-4-15)22-20(26)29-14-16-5-9-18(10-6-16)24(27)28/h3-10H,11-14H2,1-2H3,(H,21,25)(H,22,26). The molecule has 0 aromatic heterocycles. The van der Waals surface area contributed by atoms with Gasteiger partial charge in [-0.25, -0.2) is 4.79 Å². The second-order valence-electron chi connectivity index (χ2n) is 6.65. The number of ether oxygens (including phenoxy) is 1. The minimum absolute atomic E-state index is 0.00493. The smallest absolute Gasteiger partial charge is 0.411 e. The lowest BCUT2D eigenvalue weighted by atomic mass is 10.1. The van der Waals surface area contributed by atoms with Crippen LogP contribution in [0, 0.1) is 10.1 Å². The third-order valence-corrected chi connectivity index (χ3v) is 3.96. The maximum absolute atomic E-state index is 11.9. The summed E-state index contributed by atoms with van der Waals surface area (Å²) in [6, 6.07) is 12.7. The van der Waals surface area contributed by atoms with Crippen LogP contribution in [0.3, 0.4) is 0 Å². The molecule has 2 rings (SSSR count). The van der Waals surface area contributed by atoms with E-state index in [9.17, 15) is 19.7 Å². The topological polar surface area (TPSA) is 114 Å². The summed E-state index contributed by atoms with van der Waals surface area (Å²) in [5.41, 5.74) is 1.98. The van der Waals surface area contributed by atoms with Gasteiger partial charge in [-0.05, 0) is 49.5 Å². The predicted octanol–water partition coefficient (Wildman–Crippen LogP) is 2.56. The number of nitrogens with zero attached hydrogens (tertiary/aromatic N) is 2. The monoisotopic (exact) mass is 400 g/mol. The van der Waals surface area contributed by atoms with Gasteiger partial charge < -0.3 is 15.0 Å². The fraction of sp³-hybridized carbons (Fsp3) is 0.300. The molecule has 0 saturated heterocycles. The fourth-order valence-corrected chi connectivity index (χ4v) is 2.39. The van der Waals surface area contributed by atoms with Crippen LogP contribution in [0.2, 0.25) is 0 Å². The van der Waals surface area contributed by atoms with Crippen molar-refractivity contribution in [3.05, 3.63) is 69.8 Å². The quantitative estimate of drug-likeness (QED) is 0.494. The Bertz CT molecular complexity index is 835. The number of nitro benzene ring substituents is 1. The van der Waals surface area contributed by atoms with Gasteiger partial charge >= 0.3 is 6.09 Å². The van der Waals surface area contributed by atoms with Crippen LogP contribution in [0.1, 0.15) is 11.1 Å². The van der Waals surface area contributed by atoms with Gasteiger partial charge in [0.25, 0.3) is 5.69 Å². The van der Waals surface area contributed by atoms with Crippen molar-refractivity contribution in [2.24, 2.45) is 0 Å². The minimum Gasteiger partial charge on any atom is -0.444 e. The predicted molar refractivity (Wildman–Crippen MR) is 109 cm³/mol. The highest BCUT2D eigenvalue weighted by atomic mass is 16.6. The van der Waals surface area contributed by atoms with Gasteiger partial charge in [0.1, 0.15) is 6.61 Å². The van der Waals surface area contributed by atoms with Crippen LogP contribution < -0.4 is 10.6 Å². The minimum atomic E-state index is -0.641. The van der Waals surface area contributed by atoms with Gasteiger partial charge in [-0.2, -0.15) is 0 Å². The maximum atomic E-state index is 11.9. The Labute approximate surface area is 168 Å². The summed E-state index contributed by atoms with van der Waals surface area (Å²) < 4.78 is 5.10. The molecule has 0 bridgehead atoms. The Morgan fingerprint density at radius 2 is 1.66 bits per heavy atom. The number of likely N-dealkylation sites (N-methyl/N-ethyl adjacent to an activating group) is 1. The van der Waals surface area contributed by atoms with Gasteiger partial charge in [-0.3, -0.25) is 20.2 Å².